The summed E-state index contributed by atoms with van der Waals surface area (Å²) in [6.07, 6.45) is 2.08. The predicted octanol–water partition coefficient (Wildman–Crippen LogP) is 2.24. The number of amides is 2. The van der Waals surface area contributed by atoms with Gasteiger partial charge in [0, 0.05) is 24.7 Å². The normalized spacial score (nSPS) is 17.6. The molecule has 0 spiro atoms. The average Bonchev–Trinajstić information content (AvgIpc) is 2.95. The number of likely N-dealkylation sites (tertiary alicyclic amines) is 1. The van der Waals surface area contributed by atoms with E-state index in [1.807, 2.05) is 0 Å². The Labute approximate surface area is 127 Å². The van der Waals surface area contributed by atoms with Gasteiger partial charge in [0.25, 0.3) is 5.91 Å². The third-order valence-corrected chi connectivity index (χ3v) is 3.73. The van der Waals surface area contributed by atoms with E-state index >= 15 is 0 Å². The van der Waals surface area contributed by atoms with Gasteiger partial charge in [0.2, 0.25) is 5.91 Å². The standard InChI is InChI=1S/C15H16ClFN2O2/c1-2-14(20)19-6-5-10(9-19)8-18-15(21)12-7-11(16)3-4-13(12)17/h2-4,7,10H,1,5-6,8-9H2,(H,18,21). The first-order valence-corrected chi connectivity index (χ1v) is 7.03. The van der Waals surface area contributed by atoms with Gasteiger partial charge in [-0.25, -0.2) is 4.39 Å². The summed E-state index contributed by atoms with van der Waals surface area (Å²) in [7, 11) is 0. The van der Waals surface area contributed by atoms with Crippen molar-refractivity contribution in [1.29, 1.82) is 0 Å². The van der Waals surface area contributed by atoms with Gasteiger partial charge in [-0.1, -0.05) is 18.2 Å². The quantitative estimate of drug-likeness (QED) is 0.867. The molecule has 0 saturated carbocycles. The van der Waals surface area contributed by atoms with Gasteiger partial charge >= 0.3 is 0 Å². The van der Waals surface area contributed by atoms with Crippen LogP contribution in [0.1, 0.15) is 16.8 Å². The van der Waals surface area contributed by atoms with Crippen molar-refractivity contribution >= 4 is 23.4 Å². The highest BCUT2D eigenvalue weighted by atomic mass is 35.5. The molecule has 1 saturated heterocycles. The van der Waals surface area contributed by atoms with E-state index in [2.05, 4.69) is 11.9 Å². The second-order valence-corrected chi connectivity index (χ2v) is 5.41. The summed E-state index contributed by atoms with van der Waals surface area (Å²) < 4.78 is 13.6. The number of rotatable bonds is 4. The summed E-state index contributed by atoms with van der Waals surface area (Å²) >= 11 is 5.76. The summed E-state index contributed by atoms with van der Waals surface area (Å²) in [5.74, 6) is -1.04. The summed E-state index contributed by atoms with van der Waals surface area (Å²) in [5.41, 5.74) is -0.0699. The largest absolute Gasteiger partial charge is 0.352 e. The molecule has 112 valence electrons. The SMILES string of the molecule is C=CC(=O)N1CCC(CNC(=O)c2cc(Cl)ccc2F)C1. The number of nitrogens with zero attached hydrogens (tertiary/aromatic N) is 1. The maximum Gasteiger partial charge on any atom is 0.254 e. The van der Waals surface area contributed by atoms with E-state index in [0.717, 1.165) is 12.5 Å². The molecule has 0 radical (unpaired) electrons. The van der Waals surface area contributed by atoms with Gasteiger partial charge in [-0.2, -0.15) is 0 Å². The van der Waals surface area contributed by atoms with Crippen molar-refractivity contribution in [2.24, 2.45) is 5.92 Å². The Balaban J connectivity index is 1.89. The van der Waals surface area contributed by atoms with Gasteiger partial charge in [0.1, 0.15) is 5.82 Å². The van der Waals surface area contributed by atoms with Crippen LogP contribution in [0.5, 0.6) is 0 Å². The molecule has 0 aromatic heterocycles. The summed E-state index contributed by atoms with van der Waals surface area (Å²) in [4.78, 5) is 25.1. The van der Waals surface area contributed by atoms with E-state index in [1.54, 1.807) is 4.90 Å². The number of hydrogen-bond acceptors (Lipinski definition) is 2. The molecule has 1 aliphatic rings. The zero-order valence-corrected chi connectivity index (χ0v) is 12.2. The molecule has 1 aromatic rings. The first-order chi connectivity index (χ1) is 10.0. The van der Waals surface area contributed by atoms with Crippen molar-refractivity contribution in [3.63, 3.8) is 0 Å². The smallest absolute Gasteiger partial charge is 0.254 e. The Morgan fingerprint density at radius 2 is 2.29 bits per heavy atom. The molecule has 1 N–H and O–H groups in total. The molecule has 1 aliphatic heterocycles. The molecular weight excluding hydrogens is 295 g/mol. The van der Waals surface area contributed by atoms with Crippen molar-refractivity contribution in [2.75, 3.05) is 19.6 Å². The summed E-state index contributed by atoms with van der Waals surface area (Å²) in [5, 5.41) is 3.00. The number of carbonyl (C=O) groups is 2. The highest BCUT2D eigenvalue weighted by molar-refractivity contribution is 6.31. The second-order valence-electron chi connectivity index (χ2n) is 4.98. The van der Waals surface area contributed by atoms with E-state index in [1.165, 1.54) is 18.2 Å². The van der Waals surface area contributed by atoms with Crippen LogP contribution < -0.4 is 5.32 Å². The number of nitrogens with one attached hydrogen (secondary N) is 1. The van der Waals surface area contributed by atoms with Crippen LogP contribution in [0.2, 0.25) is 5.02 Å². The Bertz CT molecular complexity index is 577. The third-order valence-electron chi connectivity index (χ3n) is 3.50. The number of carbonyl (C=O) groups excluding carboxylic acids is 2. The molecule has 1 fully saturated rings. The second kappa shape index (κ2) is 6.72. The lowest BCUT2D eigenvalue weighted by molar-refractivity contribution is -0.125. The van der Waals surface area contributed by atoms with Crippen molar-refractivity contribution in [2.45, 2.75) is 6.42 Å². The molecule has 6 heteroatoms. The Hall–Kier alpha value is -1.88. The third kappa shape index (κ3) is 3.82. The van der Waals surface area contributed by atoms with Gasteiger partial charge in [-0.15, -0.1) is 0 Å². The monoisotopic (exact) mass is 310 g/mol. The van der Waals surface area contributed by atoms with Crippen LogP contribution in [0.15, 0.2) is 30.9 Å². The lowest BCUT2D eigenvalue weighted by Gasteiger charge is -2.14. The molecule has 2 rings (SSSR count). The fourth-order valence-electron chi connectivity index (χ4n) is 2.33. The maximum atomic E-state index is 13.6. The van der Waals surface area contributed by atoms with Crippen molar-refractivity contribution < 1.29 is 14.0 Å². The van der Waals surface area contributed by atoms with Crippen molar-refractivity contribution in [3.05, 3.63) is 47.3 Å². The van der Waals surface area contributed by atoms with E-state index in [0.29, 0.717) is 24.7 Å². The fourth-order valence-corrected chi connectivity index (χ4v) is 2.50. The topological polar surface area (TPSA) is 49.4 Å². The minimum Gasteiger partial charge on any atom is -0.352 e. The van der Waals surface area contributed by atoms with Crippen molar-refractivity contribution in [3.8, 4) is 0 Å². The van der Waals surface area contributed by atoms with Crippen LogP contribution in [0, 0.1) is 11.7 Å². The molecule has 0 bridgehead atoms. The van der Waals surface area contributed by atoms with E-state index in [9.17, 15) is 14.0 Å². The van der Waals surface area contributed by atoms with Gasteiger partial charge in [0.15, 0.2) is 0 Å². The fraction of sp³-hybridized carbons (Fsp3) is 0.333. The van der Waals surface area contributed by atoms with Crippen molar-refractivity contribution in [1.82, 2.24) is 10.2 Å². The number of halogens is 2. The van der Waals surface area contributed by atoms with E-state index in [-0.39, 0.29) is 17.4 Å². The highest BCUT2D eigenvalue weighted by Crippen LogP contribution is 2.17. The zero-order valence-electron chi connectivity index (χ0n) is 11.4. The number of hydrogen-bond donors (Lipinski definition) is 1. The molecular formula is C15H16ClFN2O2. The molecule has 1 atom stereocenters. The van der Waals surface area contributed by atoms with Crippen LogP contribution in [0.25, 0.3) is 0 Å². The Kier molecular flexibility index (Phi) is 4.96. The molecule has 0 aliphatic carbocycles. The molecule has 21 heavy (non-hydrogen) atoms. The first kappa shape index (κ1) is 15.5. The highest BCUT2D eigenvalue weighted by Gasteiger charge is 2.25. The van der Waals surface area contributed by atoms with Gasteiger partial charge in [-0.05, 0) is 36.6 Å². The summed E-state index contributed by atoms with van der Waals surface area (Å²) in [6.45, 7) is 5.06. The van der Waals surface area contributed by atoms with Crippen LogP contribution >= 0.6 is 11.6 Å². The van der Waals surface area contributed by atoms with E-state index in [4.69, 9.17) is 11.6 Å². The van der Waals surface area contributed by atoms with Gasteiger partial charge in [-0.3, -0.25) is 9.59 Å². The Morgan fingerprint density at radius 3 is 3.00 bits per heavy atom. The van der Waals surface area contributed by atoms with Crippen LogP contribution in [-0.4, -0.2) is 36.3 Å². The lowest BCUT2D eigenvalue weighted by Crippen LogP contribution is -2.32. The predicted molar refractivity (Wildman–Crippen MR) is 78.6 cm³/mol. The lowest BCUT2D eigenvalue weighted by atomic mass is 10.1. The molecule has 2 amide bonds. The zero-order chi connectivity index (χ0) is 15.4. The van der Waals surface area contributed by atoms with Crippen LogP contribution in [0.4, 0.5) is 4.39 Å². The van der Waals surface area contributed by atoms with Gasteiger partial charge in [0.05, 0.1) is 5.56 Å². The molecule has 1 unspecified atom stereocenters. The first-order valence-electron chi connectivity index (χ1n) is 6.66. The average molecular weight is 311 g/mol. The van der Waals surface area contributed by atoms with Crippen LogP contribution in [-0.2, 0) is 4.79 Å². The Morgan fingerprint density at radius 1 is 1.52 bits per heavy atom. The maximum absolute atomic E-state index is 13.6. The molecule has 4 nitrogen and oxygen atoms in total. The minimum atomic E-state index is -0.605. The minimum absolute atomic E-state index is 0.0699. The number of benzene rings is 1. The van der Waals surface area contributed by atoms with Gasteiger partial charge < -0.3 is 10.2 Å². The molecule has 1 heterocycles. The molecule has 1 aromatic carbocycles. The summed E-state index contributed by atoms with van der Waals surface area (Å²) in [6, 6.07) is 3.86. The van der Waals surface area contributed by atoms with E-state index < -0.39 is 11.7 Å². The van der Waals surface area contributed by atoms with Crippen LogP contribution in [0.3, 0.4) is 0 Å².